The maximum Gasteiger partial charge on any atom is 0.191 e. The number of aryl methyl sites for hydroxylation is 2. The monoisotopic (exact) mass is 425 g/mol. The molecule has 1 aromatic carbocycles. The van der Waals surface area contributed by atoms with Gasteiger partial charge in [-0.15, -0.1) is 0 Å². The van der Waals surface area contributed by atoms with E-state index in [9.17, 15) is 5.26 Å². The van der Waals surface area contributed by atoms with Gasteiger partial charge in [0.25, 0.3) is 0 Å². The zero-order valence-electron chi connectivity index (χ0n) is 17.8. The Morgan fingerprint density at radius 3 is 2.83 bits per heavy atom. The van der Waals surface area contributed by atoms with Gasteiger partial charge in [-0.1, -0.05) is 17.7 Å². The van der Waals surface area contributed by atoms with Crippen LogP contribution in [-0.4, -0.2) is 46.4 Å². The summed E-state index contributed by atoms with van der Waals surface area (Å²) in [6.45, 7) is 6.55. The first-order valence-corrected chi connectivity index (χ1v) is 11.7. The van der Waals surface area contributed by atoms with E-state index in [-0.39, 0.29) is 0 Å². The van der Waals surface area contributed by atoms with Crippen LogP contribution in [0.5, 0.6) is 0 Å². The summed E-state index contributed by atoms with van der Waals surface area (Å²) in [6.07, 6.45) is 4.07. The highest BCUT2D eigenvalue weighted by Gasteiger charge is 2.17. The summed E-state index contributed by atoms with van der Waals surface area (Å²) in [5.41, 5.74) is 9.45. The number of benzene rings is 1. The van der Waals surface area contributed by atoms with E-state index in [0.29, 0.717) is 23.1 Å². The quantitative estimate of drug-likeness (QED) is 0.341. The lowest BCUT2D eigenvalue weighted by molar-refractivity contribution is 0.717. The second-order valence-electron chi connectivity index (χ2n) is 7.45. The molecule has 160 valence electrons. The zero-order chi connectivity index (χ0) is 21.3. The molecule has 1 fully saturated rings. The van der Waals surface area contributed by atoms with E-state index in [1.165, 1.54) is 24.2 Å². The van der Waals surface area contributed by atoms with E-state index in [1.54, 1.807) is 4.68 Å². The van der Waals surface area contributed by atoms with Crippen molar-refractivity contribution in [2.75, 3.05) is 31.1 Å². The van der Waals surface area contributed by atoms with Crippen LogP contribution in [0.15, 0.2) is 29.3 Å². The predicted octanol–water partition coefficient (Wildman–Crippen LogP) is 3.02. The fourth-order valence-corrected chi connectivity index (χ4v) is 4.62. The maximum atomic E-state index is 9.56. The molecule has 1 unspecified atom stereocenters. The molecule has 0 aliphatic carbocycles. The first-order valence-electron chi connectivity index (χ1n) is 10.6. The van der Waals surface area contributed by atoms with Gasteiger partial charge in [-0.05, 0) is 57.4 Å². The predicted molar refractivity (Wildman–Crippen MR) is 125 cm³/mol. The molecule has 1 aliphatic heterocycles. The molecule has 0 saturated carbocycles. The molecule has 1 saturated heterocycles. The minimum atomic E-state index is 0.397. The van der Waals surface area contributed by atoms with Crippen molar-refractivity contribution in [2.45, 2.75) is 44.8 Å². The van der Waals surface area contributed by atoms with Gasteiger partial charge >= 0.3 is 0 Å². The molecule has 30 heavy (non-hydrogen) atoms. The van der Waals surface area contributed by atoms with Crippen LogP contribution in [0.2, 0.25) is 0 Å². The Hall–Kier alpha value is -2.66. The van der Waals surface area contributed by atoms with Crippen molar-refractivity contribution in [3.63, 3.8) is 0 Å². The smallest absolute Gasteiger partial charge is 0.191 e. The second kappa shape index (κ2) is 10.9. The fraction of sp³-hybridized carbons (Fsp3) is 0.500. The van der Waals surface area contributed by atoms with Crippen LogP contribution in [0.25, 0.3) is 5.69 Å². The Bertz CT molecular complexity index is 889. The van der Waals surface area contributed by atoms with Gasteiger partial charge in [-0.3, -0.25) is 4.99 Å². The zero-order valence-corrected chi connectivity index (χ0v) is 18.6. The van der Waals surface area contributed by atoms with Crippen molar-refractivity contribution in [1.29, 1.82) is 5.26 Å². The van der Waals surface area contributed by atoms with Crippen LogP contribution in [0.4, 0.5) is 5.82 Å². The van der Waals surface area contributed by atoms with Crippen LogP contribution >= 0.6 is 11.8 Å². The Labute approximate surface area is 183 Å². The summed E-state index contributed by atoms with van der Waals surface area (Å²) in [7, 11) is 0. The lowest BCUT2D eigenvalue weighted by Crippen LogP contribution is -2.38. The lowest BCUT2D eigenvalue weighted by Gasteiger charge is -2.12. The standard InChI is InChI=1S/C22H31N7S/c1-3-25-22(27-15-18-6-5-13-30-18)26-12-4-7-20-19(14-23)21(24)29(28-20)17-10-8-16(2)9-11-17/h8-11,18H,3-7,12-13,15,24H2,1-2H3,(H2,25,26,27). The summed E-state index contributed by atoms with van der Waals surface area (Å²) >= 11 is 2.02. The SMILES string of the molecule is CCNC(=NCC1CCCS1)NCCCc1nn(-c2ccc(C)cc2)c(N)c1C#N. The molecule has 2 heterocycles. The van der Waals surface area contributed by atoms with E-state index in [4.69, 9.17) is 10.7 Å². The Morgan fingerprint density at radius 2 is 2.17 bits per heavy atom. The van der Waals surface area contributed by atoms with Crippen molar-refractivity contribution in [1.82, 2.24) is 20.4 Å². The molecule has 0 amide bonds. The summed E-state index contributed by atoms with van der Waals surface area (Å²) in [5.74, 6) is 2.51. The number of aliphatic imine (C=N–C) groups is 1. The molecule has 4 N–H and O–H groups in total. The molecule has 3 rings (SSSR count). The van der Waals surface area contributed by atoms with Crippen molar-refractivity contribution in [2.24, 2.45) is 4.99 Å². The number of anilines is 1. The van der Waals surface area contributed by atoms with E-state index in [2.05, 4.69) is 28.7 Å². The molecular formula is C22H31N7S. The number of hydrogen-bond acceptors (Lipinski definition) is 5. The number of nitrogens with two attached hydrogens (primary N) is 1. The summed E-state index contributed by atoms with van der Waals surface area (Å²) in [6, 6.07) is 10.2. The van der Waals surface area contributed by atoms with Crippen molar-refractivity contribution in [3.8, 4) is 11.8 Å². The highest BCUT2D eigenvalue weighted by atomic mass is 32.2. The number of nitrogens with zero attached hydrogens (tertiary/aromatic N) is 4. The third-order valence-corrected chi connectivity index (χ3v) is 6.47. The van der Waals surface area contributed by atoms with E-state index >= 15 is 0 Å². The third kappa shape index (κ3) is 5.70. The van der Waals surface area contributed by atoms with Gasteiger partial charge < -0.3 is 16.4 Å². The number of aromatic nitrogens is 2. The molecule has 0 spiro atoms. The number of rotatable bonds is 8. The average Bonchev–Trinajstić information content (AvgIpc) is 3.37. The maximum absolute atomic E-state index is 9.56. The van der Waals surface area contributed by atoms with Gasteiger partial charge in [0.15, 0.2) is 5.96 Å². The van der Waals surface area contributed by atoms with Crippen LogP contribution in [0.3, 0.4) is 0 Å². The van der Waals surface area contributed by atoms with Crippen LogP contribution in [0.1, 0.15) is 43.0 Å². The second-order valence-corrected chi connectivity index (χ2v) is 8.86. The van der Waals surface area contributed by atoms with Gasteiger partial charge in [0.2, 0.25) is 0 Å². The largest absolute Gasteiger partial charge is 0.382 e. The number of nitrogens with one attached hydrogen (secondary N) is 2. The number of thioether (sulfide) groups is 1. The fourth-order valence-electron chi connectivity index (χ4n) is 3.44. The van der Waals surface area contributed by atoms with Gasteiger partial charge in [-0.2, -0.15) is 22.1 Å². The van der Waals surface area contributed by atoms with Crippen LogP contribution < -0.4 is 16.4 Å². The van der Waals surface area contributed by atoms with Gasteiger partial charge in [0, 0.05) is 18.3 Å². The molecular weight excluding hydrogens is 394 g/mol. The third-order valence-electron chi connectivity index (χ3n) is 5.09. The average molecular weight is 426 g/mol. The minimum absolute atomic E-state index is 0.397. The first-order chi connectivity index (χ1) is 14.6. The molecule has 1 atom stereocenters. The van der Waals surface area contributed by atoms with E-state index in [1.807, 2.05) is 43.0 Å². The molecule has 8 heteroatoms. The van der Waals surface area contributed by atoms with Crippen molar-refractivity contribution < 1.29 is 0 Å². The minimum Gasteiger partial charge on any atom is -0.382 e. The molecule has 0 bridgehead atoms. The number of guanidine groups is 1. The van der Waals surface area contributed by atoms with Gasteiger partial charge in [-0.25, -0.2) is 4.68 Å². The summed E-state index contributed by atoms with van der Waals surface area (Å²) in [4.78, 5) is 4.72. The van der Waals surface area contributed by atoms with E-state index < -0.39 is 0 Å². The topological polar surface area (TPSA) is 104 Å². The lowest BCUT2D eigenvalue weighted by atomic mass is 10.1. The number of hydrogen-bond donors (Lipinski definition) is 3. The number of nitrogen functional groups attached to an aromatic ring is 1. The first kappa shape index (κ1) is 22.0. The van der Waals surface area contributed by atoms with Crippen molar-refractivity contribution >= 4 is 23.5 Å². The van der Waals surface area contributed by atoms with Gasteiger partial charge in [0.1, 0.15) is 17.5 Å². The summed E-state index contributed by atoms with van der Waals surface area (Å²) in [5, 5.41) is 21.5. The number of nitriles is 1. The van der Waals surface area contributed by atoms with Crippen LogP contribution in [-0.2, 0) is 6.42 Å². The molecule has 7 nitrogen and oxygen atoms in total. The highest BCUT2D eigenvalue weighted by Crippen LogP contribution is 2.26. The normalized spacial score (nSPS) is 16.4. The Kier molecular flexibility index (Phi) is 8.03. The van der Waals surface area contributed by atoms with E-state index in [0.717, 1.165) is 43.4 Å². The molecule has 1 aromatic heterocycles. The van der Waals surface area contributed by atoms with Gasteiger partial charge in [0.05, 0.1) is 17.9 Å². The summed E-state index contributed by atoms with van der Waals surface area (Å²) < 4.78 is 1.66. The van der Waals surface area contributed by atoms with Crippen molar-refractivity contribution in [3.05, 3.63) is 41.1 Å². The Balaban J connectivity index is 1.58. The molecule has 2 aromatic rings. The Morgan fingerprint density at radius 1 is 1.37 bits per heavy atom. The highest BCUT2D eigenvalue weighted by molar-refractivity contribution is 8.00. The van der Waals surface area contributed by atoms with Crippen LogP contribution in [0, 0.1) is 18.3 Å². The molecule has 0 radical (unpaired) electrons. The molecule has 1 aliphatic rings.